The van der Waals surface area contributed by atoms with Crippen molar-refractivity contribution in [3.63, 3.8) is 0 Å². The van der Waals surface area contributed by atoms with E-state index in [0.29, 0.717) is 11.1 Å². The molecule has 1 aromatic heterocycles. The molecule has 6 heteroatoms. The first kappa shape index (κ1) is 14.6. The number of amides is 2. The normalized spacial score (nSPS) is 11.7. The summed E-state index contributed by atoms with van der Waals surface area (Å²) in [5.74, 6) is -1.43. The van der Waals surface area contributed by atoms with Gasteiger partial charge in [0.05, 0.1) is 0 Å². The fourth-order valence-electron chi connectivity index (χ4n) is 1.82. The van der Waals surface area contributed by atoms with Gasteiger partial charge in [0.2, 0.25) is 5.91 Å². The summed E-state index contributed by atoms with van der Waals surface area (Å²) in [6.45, 7) is 0. The molecule has 2 rings (SSSR count). The Kier molecular flexibility index (Phi) is 4.61. The Bertz CT molecular complexity index is 629. The van der Waals surface area contributed by atoms with Gasteiger partial charge in [0.25, 0.3) is 5.91 Å². The minimum absolute atomic E-state index is 0.201. The minimum atomic E-state index is -0.865. The maximum atomic E-state index is 12.8. The fraction of sp³-hybridized carbons (Fsp3) is 0.133. The lowest BCUT2D eigenvalue weighted by Crippen LogP contribution is -2.45. The van der Waals surface area contributed by atoms with Crippen molar-refractivity contribution in [1.29, 1.82) is 0 Å². The van der Waals surface area contributed by atoms with Crippen molar-refractivity contribution in [3.05, 3.63) is 65.7 Å². The average molecular weight is 287 g/mol. The van der Waals surface area contributed by atoms with Crippen molar-refractivity contribution in [2.45, 2.75) is 12.5 Å². The molecule has 0 unspecified atom stereocenters. The Morgan fingerprint density at radius 3 is 2.33 bits per heavy atom. The third kappa shape index (κ3) is 4.10. The van der Waals surface area contributed by atoms with E-state index in [-0.39, 0.29) is 12.2 Å². The molecule has 0 aliphatic heterocycles. The Morgan fingerprint density at radius 2 is 1.76 bits per heavy atom. The molecule has 0 fully saturated rings. The van der Waals surface area contributed by atoms with Gasteiger partial charge in [0, 0.05) is 24.4 Å². The van der Waals surface area contributed by atoms with Gasteiger partial charge in [-0.1, -0.05) is 12.1 Å². The lowest BCUT2D eigenvalue weighted by molar-refractivity contribution is -0.119. The highest BCUT2D eigenvalue weighted by molar-refractivity contribution is 5.97. The molecule has 5 nitrogen and oxygen atoms in total. The zero-order valence-corrected chi connectivity index (χ0v) is 11.1. The Balaban J connectivity index is 2.07. The lowest BCUT2D eigenvalue weighted by atomic mass is 10.0. The van der Waals surface area contributed by atoms with E-state index in [9.17, 15) is 14.0 Å². The van der Waals surface area contributed by atoms with Crippen LogP contribution >= 0.6 is 0 Å². The highest BCUT2D eigenvalue weighted by Gasteiger charge is 2.19. The first-order valence-electron chi connectivity index (χ1n) is 6.31. The van der Waals surface area contributed by atoms with E-state index < -0.39 is 17.9 Å². The van der Waals surface area contributed by atoms with E-state index in [2.05, 4.69) is 10.3 Å². The summed E-state index contributed by atoms with van der Waals surface area (Å²) in [4.78, 5) is 27.3. The molecule has 2 aromatic rings. The summed E-state index contributed by atoms with van der Waals surface area (Å²) in [7, 11) is 0. The molecule has 0 aliphatic rings. The molecular weight excluding hydrogens is 273 g/mol. The van der Waals surface area contributed by atoms with Gasteiger partial charge in [0.1, 0.15) is 11.9 Å². The van der Waals surface area contributed by atoms with Crippen LogP contribution in [0.4, 0.5) is 4.39 Å². The van der Waals surface area contributed by atoms with E-state index in [0.717, 1.165) is 0 Å². The van der Waals surface area contributed by atoms with Gasteiger partial charge >= 0.3 is 0 Å². The van der Waals surface area contributed by atoms with E-state index in [1.54, 1.807) is 12.1 Å². The van der Waals surface area contributed by atoms with Crippen LogP contribution in [0.5, 0.6) is 0 Å². The second-order valence-electron chi connectivity index (χ2n) is 4.49. The molecule has 1 heterocycles. The highest BCUT2D eigenvalue weighted by atomic mass is 19.1. The molecule has 0 bridgehead atoms. The quantitative estimate of drug-likeness (QED) is 0.862. The van der Waals surface area contributed by atoms with Crippen LogP contribution in [0.15, 0.2) is 48.8 Å². The number of aromatic nitrogens is 1. The van der Waals surface area contributed by atoms with Gasteiger partial charge in [0.15, 0.2) is 0 Å². The minimum Gasteiger partial charge on any atom is -0.368 e. The maximum Gasteiger partial charge on any atom is 0.252 e. The third-order valence-corrected chi connectivity index (χ3v) is 2.94. The van der Waals surface area contributed by atoms with Crippen molar-refractivity contribution in [1.82, 2.24) is 10.3 Å². The molecule has 0 saturated carbocycles. The van der Waals surface area contributed by atoms with Crippen LogP contribution in [0.25, 0.3) is 0 Å². The largest absolute Gasteiger partial charge is 0.368 e. The van der Waals surface area contributed by atoms with Crippen LogP contribution < -0.4 is 11.1 Å². The number of benzene rings is 1. The number of carbonyl (C=O) groups excluding carboxylic acids is 2. The van der Waals surface area contributed by atoms with Crippen LogP contribution in [0, 0.1) is 5.82 Å². The zero-order chi connectivity index (χ0) is 15.2. The summed E-state index contributed by atoms with van der Waals surface area (Å²) >= 11 is 0. The van der Waals surface area contributed by atoms with Gasteiger partial charge in [-0.15, -0.1) is 0 Å². The number of halogens is 1. The first-order chi connectivity index (χ1) is 10.1. The third-order valence-electron chi connectivity index (χ3n) is 2.94. The number of nitrogens with zero attached hydrogens (tertiary/aromatic N) is 1. The van der Waals surface area contributed by atoms with Gasteiger partial charge in [-0.25, -0.2) is 4.39 Å². The van der Waals surface area contributed by atoms with Gasteiger partial charge < -0.3 is 11.1 Å². The molecular formula is C15H14FN3O2. The van der Waals surface area contributed by atoms with Crippen molar-refractivity contribution >= 4 is 11.8 Å². The van der Waals surface area contributed by atoms with Crippen molar-refractivity contribution < 1.29 is 14.0 Å². The lowest BCUT2D eigenvalue weighted by Gasteiger charge is -2.15. The molecule has 0 radical (unpaired) electrons. The average Bonchev–Trinajstić information content (AvgIpc) is 2.49. The Labute approximate surface area is 121 Å². The molecule has 1 aromatic carbocycles. The topological polar surface area (TPSA) is 85.1 Å². The SMILES string of the molecule is NC(=O)[C@@H](Cc1ccc(F)cc1)NC(=O)c1ccncc1. The molecule has 21 heavy (non-hydrogen) atoms. The molecule has 1 atom stereocenters. The predicted molar refractivity (Wildman–Crippen MR) is 74.8 cm³/mol. The van der Waals surface area contributed by atoms with E-state index in [4.69, 9.17) is 5.73 Å². The van der Waals surface area contributed by atoms with Crippen molar-refractivity contribution in [2.75, 3.05) is 0 Å². The molecule has 2 amide bonds. The van der Waals surface area contributed by atoms with Gasteiger partial charge in [-0.05, 0) is 29.8 Å². The summed E-state index contributed by atoms with van der Waals surface area (Å²) in [6.07, 6.45) is 3.16. The van der Waals surface area contributed by atoms with Gasteiger partial charge in [-0.3, -0.25) is 14.6 Å². The fourth-order valence-corrected chi connectivity index (χ4v) is 1.82. The molecule has 3 N–H and O–H groups in total. The van der Waals surface area contributed by atoms with Crippen LogP contribution in [0.2, 0.25) is 0 Å². The van der Waals surface area contributed by atoms with Crippen LogP contribution in [-0.4, -0.2) is 22.8 Å². The number of rotatable bonds is 5. The predicted octanol–water partition coefficient (Wildman–Crippen LogP) is 1.05. The summed E-state index contributed by atoms with van der Waals surface area (Å²) < 4.78 is 12.8. The van der Waals surface area contributed by atoms with E-state index >= 15 is 0 Å². The maximum absolute atomic E-state index is 12.8. The Morgan fingerprint density at radius 1 is 1.14 bits per heavy atom. The second-order valence-corrected chi connectivity index (χ2v) is 4.49. The van der Waals surface area contributed by atoms with Crippen molar-refractivity contribution in [3.8, 4) is 0 Å². The number of hydrogen-bond acceptors (Lipinski definition) is 3. The number of nitrogens with two attached hydrogens (primary N) is 1. The molecule has 0 aliphatic carbocycles. The monoisotopic (exact) mass is 287 g/mol. The standard InChI is InChI=1S/C15H14FN3O2/c16-12-3-1-10(2-4-12)9-13(14(17)20)19-15(21)11-5-7-18-8-6-11/h1-8,13H,9H2,(H2,17,20)(H,19,21)/t13-/m1/s1. The number of pyridine rings is 1. The molecule has 108 valence electrons. The Hall–Kier alpha value is -2.76. The highest BCUT2D eigenvalue weighted by Crippen LogP contribution is 2.07. The zero-order valence-electron chi connectivity index (χ0n) is 11.1. The number of primary amides is 1. The van der Waals surface area contributed by atoms with E-state index in [1.165, 1.54) is 36.7 Å². The smallest absolute Gasteiger partial charge is 0.252 e. The first-order valence-corrected chi connectivity index (χ1v) is 6.31. The van der Waals surface area contributed by atoms with Crippen LogP contribution in [-0.2, 0) is 11.2 Å². The summed E-state index contributed by atoms with van der Waals surface area (Å²) in [6, 6.07) is 7.87. The van der Waals surface area contributed by atoms with Crippen LogP contribution in [0.1, 0.15) is 15.9 Å². The van der Waals surface area contributed by atoms with Crippen molar-refractivity contribution in [2.24, 2.45) is 5.73 Å². The molecule has 0 spiro atoms. The van der Waals surface area contributed by atoms with Gasteiger partial charge in [-0.2, -0.15) is 0 Å². The number of carbonyl (C=O) groups is 2. The summed E-state index contributed by atoms with van der Waals surface area (Å²) in [5, 5.41) is 2.56. The molecule has 0 saturated heterocycles. The second kappa shape index (κ2) is 6.60. The van der Waals surface area contributed by atoms with Crippen LogP contribution in [0.3, 0.4) is 0 Å². The number of hydrogen-bond donors (Lipinski definition) is 2. The number of nitrogens with one attached hydrogen (secondary N) is 1. The summed E-state index contributed by atoms with van der Waals surface area (Å²) in [5.41, 5.74) is 6.39. The van der Waals surface area contributed by atoms with E-state index in [1.807, 2.05) is 0 Å².